The van der Waals surface area contributed by atoms with Crippen LogP contribution < -0.4 is 14.2 Å². The second-order valence-electron chi connectivity index (χ2n) is 6.70. The van der Waals surface area contributed by atoms with Crippen LogP contribution in [-0.2, 0) is 19.6 Å². The van der Waals surface area contributed by atoms with E-state index in [-0.39, 0.29) is 30.3 Å². The molecule has 0 spiro atoms. The summed E-state index contributed by atoms with van der Waals surface area (Å²) in [5, 5.41) is 0. The molecule has 11 heteroatoms. The molecule has 1 N–H and O–H groups in total. The van der Waals surface area contributed by atoms with Crippen LogP contribution in [0.1, 0.15) is 35.4 Å². The highest BCUT2D eigenvalue weighted by molar-refractivity contribution is 7.89. The maximum atomic E-state index is 12.4. The largest absolute Gasteiger partial charge is 0.486 e. The molecule has 2 heterocycles. The fourth-order valence-corrected chi connectivity index (χ4v) is 4.86. The zero-order valence-electron chi connectivity index (χ0n) is 16.6. The lowest BCUT2D eigenvalue weighted by molar-refractivity contribution is -0.142. The molecule has 0 atom stereocenters. The number of sulfonamides is 1. The smallest absolute Gasteiger partial charge is 0.306 e. The molecule has 0 radical (unpaired) electrons. The van der Waals surface area contributed by atoms with E-state index in [1.807, 2.05) is 0 Å². The van der Waals surface area contributed by atoms with E-state index < -0.39 is 16.0 Å². The minimum Gasteiger partial charge on any atom is -0.486 e. The molecule has 0 unspecified atom stereocenters. The predicted octanol–water partition coefficient (Wildman–Crippen LogP) is 3.44. The molecular formula is C20H22ClNO7S2. The fourth-order valence-electron chi connectivity index (χ4n) is 2.81. The second kappa shape index (κ2) is 10.9. The maximum Gasteiger partial charge on any atom is 0.306 e. The highest BCUT2D eigenvalue weighted by Gasteiger charge is 2.19. The van der Waals surface area contributed by atoms with Crippen molar-refractivity contribution in [3.8, 4) is 11.5 Å². The minimum absolute atomic E-state index is 0.108. The molecule has 1 aromatic heterocycles. The van der Waals surface area contributed by atoms with Crippen LogP contribution in [0.2, 0.25) is 4.34 Å². The average Bonchev–Trinajstić information content (AvgIpc) is 3.20. The molecule has 2 aromatic rings. The topological polar surface area (TPSA) is 108 Å². The molecule has 8 nitrogen and oxygen atoms in total. The van der Waals surface area contributed by atoms with E-state index in [9.17, 15) is 18.0 Å². The Morgan fingerprint density at radius 2 is 1.84 bits per heavy atom. The SMILES string of the molecule is O=C(CCCCCNS(=O)(=O)c1ccc2c(c1)OCCO2)OCC(=O)c1ccc(Cl)s1. The highest BCUT2D eigenvalue weighted by atomic mass is 35.5. The minimum atomic E-state index is -3.66. The van der Waals surface area contributed by atoms with Gasteiger partial charge in [0.25, 0.3) is 0 Å². The third-order valence-electron chi connectivity index (χ3n) is 4.39. The van der Waals surface area contributed by atoms with Gasteiger partial charge in [-0.2, -0.15) is 0 Å². The van der Waals surface area contributed by atoms with Crippen molar-refractivity contribution in [1.82, 2.24) is 4.72 Å². The molecule has 0 bridgehead atoms. The van der Waals surface area contributed by atoms with Crippen LogP contribution in [0, 0.1) is 0 Å². The zero-order chi connectivity index (χ0) is 22.3. The number of halogens is 1. The van der Waals surface area contributed by atoms with Gasteiger partial charge in [-0.15, -0.1) is 11.3 Å². The maximum absolute atomic E-state index is 12.4. The van der Waals surface area contributed by atoms with Gasteiger partial charge in [-0.3, -0.25) is 9.59 Å². The molecule has 0 saturated carbocycles. The van der Waals surface area contributed by atoms with Crippen LogP contribution in [0.3, 0.4) is 0 Å². The molecule has 168 valence electrons. The van der Waals surface area contributed by atoms with Crippen LogP contribution in [0.15, 0.2) is 35.2 Å². The first-order chi connectivity index (χ1) is 14.8. The molecule has 0 amide bonds. The molecule has 0 fully saturated rings. The van der Waals surface area contributed by atoms with Crippen molar-refractivity contribution >= 4 is 44.7 Å². The summed E-state index contributed by atoms with van der Waals surface area (Å²) < 4.78 is 43.6. The predicted molar refractivity (Wildman–Crippen MR) is 116 cm³/mol. The van der Waals surface area contributed by atoms with Gasteiger partial charge in [0.1, 0.15) is 13.2 Å². The van der Waals surface area contributed by atoms with Crippen molar-refractivity contribution in [3.05, 3.63) is 39.5 Å². The quantitative estimate of drug-likeness (QED) is 0.294. The molecule has 31 heavy (non-hydrogen) atoms. The zero-order valence-corrected chi connectivity index (χ0v) is 19.0. The summed E-state index contributed by atoms with van der Waals surface area (Å²) in [7, 11) is -3.66. The van der Waals surface area contributed by atoms with Crippen molar-refractivity contribution < 1.29 is 32.2 Å². The van der Waals surface area contributed by atoms with Gasteiger partial charge in [0.2, 0.25) is 15.8 Å². The van der Waals surface area contributed by atoms with Gasteiger partial charge in [-0.05, 0) is 37.1 Å². The Morgan fingerprint density at radius 3 is 2.58 bits per heavy atom. The van der Waals surface area contributed by atoms with E-state index in [1.165, 1.54) is 12.1 Å². The number of hydrogen-bond acceptors (Lipinski definition) is 8. The number of nitrogens with one attached hydrogen (secondary N) is 1. The van der Waals surface area contributed by atoms with Crippen molar-refractivity contribution in [2.45, 2.75) is 30.6 Å². The Balaban J connectivity index is 1.31. The number of esters is 1. The molecule has 3 rings (SSSR count). The van der Waals surface area contributed by atoms with Gasteiger partial charge in [0.05, 0.1) is 14.1 Å². The Kier molecular flexibility index (Phi) is 8.30. The van der Waals surface area contributed by atoms with E-state index in [2.05, 4.69) is 4.72 Å². The Labute approximate surface area is 189 Å². The summed E-state index contributed by atoms with van der Waals surface area (Å²) >= 11 is 6.91. The first-order valence-corrected chi connectivity index (χ1v) is 12.4. The van der Waals surface area contributed by atoms with E-state index in [4.69, 9.17) is 25.8 Å². The molecule has 1 aliphatic heterocycles. The lowest BCUT2D eigenvalue weighted by Crippen LogP contribution is -2.25. The van der Waals surface area contributed by atoms with Gasteiger partial charge in [0, 0.05) is 19.0 Å². The van der Waals surface area contributed by atoms with Crippen LogP contribution in [0.25, 0.3) is 0 Å². The van der Waals surface area contributed by atoms with Gasteiger partial charge in [0.15, 0.2) is 18.1 Å². The summed E-state index contributed by atoms with van der Waals surface area (Å²) in [6.45, 7) is 0.738. The summed E-state index contributed by atoms with van der Waals surface area (Å²) in [5.74, 6) is 0.179. The number of rotatable bonds is 11. The highest BCUT2D eigenvalue weighted by Crippen LogP contribution is 2.32. The lowest BCUT2D eigenvalue weighted by Gasteiger charge is -2.18. The van der Waals surface area contributed by atoms with Crippen molar-refractivity contribution in [1.29, 1.82) is 0 Å². The van der Waals surface area contributed by atoms with Crippen molar-refractivity contribution in [2.24, 2.45) is 0 Å². The Hall–Kier alpha value is -2.14. The molecule has 1 aliphatic rings. The van der Waals surface area contributed by atoms with Crippen molar-refractivity contribution in [2.75, 3.05) is 26.4 Å². The van der Waals surface area contributed by atoms with Gasteiger partial charge in [-0.1, -0.05) is 18.0 Å². The van der Waals surface area contributed by atoms with Gasteiger partial charge in [-0.25, -0.2) is 13.1 Å². The van der Waals surface area contributed by atoms with Crippen LogP contribution >= 0.6 is 22.9 Å². The average molecular weight is 488 g/mol. The summed E-state index contributed by atoms with van der Waals surface area (Å²) in [4.78, 5) is 24.2. The standard InChI is InChI=1S/C20H22ClNO7S2/c21-19-8-7-18(30-19)15(23)13-29-20(24)4-2-1-3-9-22-31(25,26)14-5-6-16-17(12-14)28-11-10-27-16/h5-8,12,22H,1-4,9-11,13H2. The van der Waals surface area contributed by atoms with Crippen LogP contribution in [0.4, 0.5) is 0 Å². The molecular weight excluding hydrogens is 466 g/mol. The number of unbranched alkanes of at least 4 members (excludes halogenated alkanes) is 2. The first-order valence-electron chi connectivity index (χ1n) is 9.68. The van der Waals surface area contributed by atoms with E-state index in [1.54, 1.807) is 18.2 Å². The number of carbonyl (C=O) groups is 2. The molecule has 0 aliphatic carbocycles. The number of hydrogen-bond donors (Lipinski definition) is 1. The Morgan fingerprint density at radius 1 is 1.06 bits per heavy atom. The van der Waals surface area contributed by atoms with Gasteiger partial charge < -0.3 is 14.2 Å². The summed E-state index contributed by atoms with van der Waals surface area (Å²) in [6, 6.07) is 7.69. The number of thiophene rings is 1. The summed E-state index contributed by atoms with van der Waals surface area (Å²) in [5.41, 5.74) is 0. The second-order valence-corrected chi connectivity index (χ2v) is 10.2. The van der Waals surface area contributed by atoms with Gasteiger partial charge >= 0.3 is 5.97 Å². The van der Waals surface area contributed by atoms with Crippen molar-refractivity contribution in [3.63, 3.8) is 0 Å². The fraction of sp³-hybridized carbons (Fsp3) is 0.400. The number of fused-ring (bicyclic) bond motifs is 1. The number of ether oxygens (including phenoxy) is 3. The number of benzene rings is 1. The van der Waals surface area contributed by atoms with Crippen LogP contribution in [-0.4, -0.2) is 46.5 Å². The first kappa shape index (κ1) is 23.5. The molecule has 1 aromatic carbocycles. The Bertz CT molecular complexity index is 1040. The number of ketones is 1. The molecule has 0 saturated heterocycles. The number of carbonyl (C=O) groups excluding carboxylic acids is 2. The van der Waals surface area contributed by atoms with E-state index in [0.717, 1.165) is 11.3 Å². The third kappa shape index (κ3) is 6.93. The normalized spacial score (nSPS) is 13.1. The monoisotopic (exact) mass is 487 g/mol. The number of Topliss-reactive ketones (excluding diaryl/α,β-unsaturated/α-hetero) is 1. The van der Waals surface area contributed by atoms with Crippen LogP contribution in [0.5, 0.6) is 11.5 Å². The lowest BCUT2D eigenvalue weighted by atomic mass is 10.2. The van der Waals surface area contributed by atoms with E-state index in [0.29, 0.717) is 53.2 Å². The third-order valence-corrected chi connectivity index (χ3v) is 7.12. The van der Waals surface area contributed by atoms with E-state index >= 15 is 0 Å². The summed E-state index contributed by atoms with van der Waals surface area (Å²) in [6.07, 6.45) is 1.88.